The molecule has 0 saturated heterocycles. The van der Waals surface area contributed by atoms with E-state index in [-0.39, 0.29) is 0 Å². The van der Waals surface area contributed by atoms with Crippen LogP contribution in [0.2, 0.25) is 0 Å². The SMILES string of the molecule is CCc1cc(C(F)(F)F)nn1-c1cccc(CN)c1. The van der Waals surface area contributed by atoms with E-state index in [0.29, 0.717) is 24.3 Å². The van der Waals surface area contributed by atoms with Crippen molar-refractivity contribution in [2.75, 3.05) is 0 Å². The van der Waals surface area contributed by atoms with Crippen LogP contribution in [0.15, 0.2) is 30.3 Å². The lowest BCUT2D eigenvalue weighted by Gasteiger charge is -2.07. The van der Waals surface area contributed by atoms with Crippen LogP contribution in [-0.2, 0) is 19.1 Å². The second kappa shape index (κ2) is 5.05. The first-order valence-corrected chi connectivity index (χ1v) is 5.91. The van der Waals surface area contributed by atoms with Crippen LogP contribution in [0.1, 0.15) is 23.9 Å². The number of alkyl halides is 3. The normalized spacial score (nSPS) is 11.8. The van der Waals surface area contributed by atoms with Crippen LogP contribution in [-0.4, -0.2) is 9.78 Å². The Morgan fingerprint density at radius 2 is 2.00 bits per heavy atom. The molecular weight excluding hydrogens is 255 g/mol. The lowest BCUT2D eigenvalue weighted by Crippen LogP contribution is -2.08. The second-order valence-corrected chi connectivity index (χ2v) is 4.16. The highest BCUT2D eigenvalue weighted by Gasteiger charge is 2.34. The summed E-state index contributed by atoms with van der Waals surface area (Å²) in [7, 11) is 0. The van der Waals surface area contributed by atoms with E-state index < -0.39 is 11.9 Å². The van der Waals surface area contributed by atoms with Crippen molar-refractivity contribution in [3.05, 3.63) is 47.3 Å². The molecule has 1 aromatic carbocycles. The lowest BCUT2D eigenvalue weighted by molar-refractivity contribution is -0.141. The molecule has 2 N–H and O–H groups in total. The summed E-state index contributed by atoms with van der Waals surface area (Å²) in [4.78, 5) is 0. The molecule has 1 heterocycles. The summed E-state index contributed by atoms with van der Waals surface area (Å²) in [6.07, 6.45) is -3.96. The van der Waals surface area contributed by atoms with Gasteiger partial charge in [0.25, 0.3) is 0 Å². The molecular formula is C13H14F3N3. The summed E-state index contributed by atoms with van der Waals surface area (Å²) in [5.74, 6) is 0. The monoisotopic (exact) mass is 269 g/mol. The van der Waals surface area contributed by atoms with Gasteiger partial charge >= 0.3 is 6.18 Å². The Hall–Kier alpha value is -1.82. The number of rotatable bonds is 3. The molecule has 102 valence electrons. The van der Waals surface area contributed by atoms with E-state index >= 15 is 0 Å². The molecule has 0 radical (unpaired) electrons. The van der Waals surface area contributed by atoms with Gasteiger partial charge in [-0.25, -0.2) is 4.68 Å². The van der Waals surface area contributed by atoms with E-state index in [9.17, 15) is 13.2 Å². The molecule has 0 bridgehead atoms. The van der Waals surface area contributed by atoms with E-state index in [1.54, 1.807) is 25.1 Å². The van der Waals surface area contributed by atoms with Crippen molar-refractivity contribution in [3.8, 4) is 5.69 Å². The molecule has 0 fully saturated rings. The topological polar surface area (TPSA) is 43.8 Å². The zero-order valence-corrected chi connectivity index (χ0v) is 10.4. The fraction of sp³-hybridized carbons (Fsp3) is 0.308. The minimum atomic E-state index is -4.43. The molecule has 2 aromatic rings. The minimum absolute atomic E-state index is 0.336. The third-order valence-electron chi connectivity index (χ3n) is 2.83. The Balaban J connectivity index is 2.51. The number of nitrogens with zero attached hydrogens (tertiary/aromatic N) is 2. The maximum Gasteiger partial charge on any atom is 0.435 e. The lowest BCUT2D eigenvalue weighted by atomic mass is 10.2. The number of hydrogen-bond donors (Lipinski definition) is 1. The smallest absolute Gasteiger partial charge is 0.326 e. The predicted octanol–water partition coefficient (Wildman–Crippen LogP) is 2.91. The number of benzene rings is 1. The van der Waals surface area contributed by atoms with Crippen molar-refractivity contribution in [2.45, 2.75) is 26.1 Å². The van der Waals surface area contributed by atoms with Gasteiger partial charge in [0.15, 0.2) is 5.69 Å². The number of hydrogen-bond acceptors (Lipinski definition) is 2. The van der Waals surface area contributed by atoms with E-state index in [2.05, 4.69) is 5.10 Å². The van der Waals surface area contributed by atoms with Crippen molar-refractivity contribution in [2.24, 2.45) is 5.73 Å². The van der Waals surface area contributed by atoms with Gasteiger partial charge in [-0.2, -0.15) is 18.3 Å². The van der Waals surface area contributed by atoms with E-state index in [1.807, 2.05) is 6.07 Å². The van der Waals surface area contributed by atoms with Gasteiger partial charge in [0.2, 0.25) is 0 Å². The quantitative estimate of drug-likeness (QED) is 0.931. The summed E-state index contributed by atoms with van der Waals surface area (Å²) in [6.45, 7) is 2.13. The summed E-state index contributed by atoms with van der Waals surface area (Å²) in [6, 6.07) is 8.11. The van der Waals surface area contributed by atoms with Crippen LogP contribution >= 0.6 is 0 Å². The Morgan fingerprint density at radius 1 is 1.26 bits per heavy atom. The molecule has 0 spiro atoms. The minimum Gasteiger partial charge on any atom is -0.326 e. The Kier molecular flexibility index (Phi) is 3.61. The Bertz CT molecular complexity index is 573. The predicted molar refractivity (Wildman–Crippen MR) is 65.8 cm³/mol. The molecule has 3 nitrogen and oxygen atoms in total. The highest BCUT2D eigenvalue weighted by atomic mass is 19.4. The van der Waals surface area contributed by atoms with Crippen LogP contribution in [0.3, 0.4) is 0 Å². The van der Waals surface area contributed by atoms with Crippen LogP contribution in [0, 0.1) is 0 Å². The number of nitrogens with two attached hydrogens (primary N) is 1. The van der Waals surface area contributed by atoms with Crippen molar-refractivity contribution >= 4 is 0 Å². The maximum absolute atomic E-state index is 12.7. The third-order valence-corrected chi connectivity index (χ3v) is 2.83. The zero-order chi connectivity index (χ0) is 14.0. The average molecular weight is 269 g/mol. The summed E-state index contributed by atoms with van der Waals surface area (Å²) in [5.41, 5.74) is 6.62. The largest absolute Gasteiger partial charge is 0.435 e. The molecule has 2 rings (SSSR count). The second-order valence-electron chi connectivity index (χ2n) is 4.16. The summed E-state index contributed by atoms with van der Waals surface area (Å²) < 4.78 is 39.4. The van der Waals surface area contributed by atoms with Crippen LogP contribution < -0.4 is 5.73 Å². The molecule has 6 heteroatoms. The molecule has 0 saturated carbocycles. The summed E-state index contributed by atoms with van der Waals surface area (Å²) in [5, 5.41) is 3.65. The fourth-order valence-electron chi connectivity index (χ4n) is 1.85. The van der Waals surface area contributed by atoms with Gasteiger partial charge in [0, 0.05) is 12.2 Å². The van der Waals surface area contributed by atoms with Gasteiger partial charge in [-0.05, 0) is 30.2 Å². The van der Waals surface area contributed by atoms with E-state index in [4.69, 9.17) is 5.73 Å². The van der Waals surface area contributed by atoms with Crippen LogP contribution in [0.25, 0.3) is 5.69 Å². The Morgan fingerprint density at radius 3 is 2.58 bits per heavy atom. The summed E-state index contributed by atoms with van der Waals surface area (Å²) >= 11 is 0. The molecule has 0 amide bonds. The first kappa shape index (κ1) is 13.6. The first-order chi connectivity index (χ1) is 8.95. The molecule has 19 heavy (non-hydrogen) atoms. The van der Waals surface area contributed by atoms with Crippen molar-refractivity contribution in [3.63, 3.8) is 0 Å². The molecule has 0 aliphatic carbocycles. The fourth-order valence-corrected chi connectivity index (χ4v) is 1.85. The highest BCUT2D eigenvalue weighted by molar-refractivity contribution is 5.37. The van der Waals surface area contributed by atoms with Gasteiger partial charge < -0.3 is 5.73 Å². The first-order valence-electron chi connectivity index (χ1n) is 5.91. The number of aryl methyl sites for hydroxylation is 1. The van der Waals surface area contributed by atoms with Gasteiger partial charge in [-0.3, -0.25) is 0 Å². The molecule has 0 aliphatic rings. The van der Waals surface area contributed by atoms with Crippen molar-refractivity contribution in [1.29, 1.82) is 0 Å². The van der Waals surface area contributed by atoms with Crippen molar-refractivity contribution in [1.82, 2.24) is 9.78 Å². The highest BCUT2D eigenvalue weighted by Crippen LogP contribution is 2.29. The van der Waals surface area contributed by atoms with Crippen LogP contribution in [0.5, 0.6) is 0 Å². The zero-order valence-electron chi connectivity index (χ0n) is 10.4. The van der Waals surface area contributed by atoms with Gasteiger partial charge in [0.05, 0.1) is 5.69 Å². The molecule has 0 unspecified atom stereocenters. The average Bonchev–Trinajstić information content (AvgIpc) is 2.83. The van der Waals surface area contributed by atoms with Gasteiger partial charge in [-0.1, -0.05) is 19.1 Å². The van der Waals surface area contributed by atoms with Gasteiger partial charge in [-0.15, -0.1) is 0 Å². The Labute approximate surface area is 108 Å². The molecule has 0 atom stereocenters. The maximum atomic E-state index is 12.7. The number of aromatic nitrogens is 2. The standard InChI is InChI=1S/C13H14F3N3/c1-2-10-7-12(13(14,15)16)18-19(10)11-5-3-4-9(6-11)8-17/h3-7H,2,8,17H2,1H3. The van der Waals surface area contributed by atoms with Crippen LogP contribution in [0.4, 0.5) is 13.2 Å². The van der Waals surface area contributed by atoms with Crippen molar-refractivity contribution < 1.29 is 13.2 Å². The third kappa shape index (κ3) is 2.78. The van der Waals surface area contributed by atoms with Gasteiger partial charge in [0.1, 0.15) is 0 Å². The molecule has 1 aromatic heterocycles. The molecule has 0 aliphatic heterocycles. The van der Waals surface area contributed by atoms with E-state index in [1.165, 1.54) is 4.68 Å². The number of halogens is 3. The van der Waals surface area contributed by atoms with E-state index in [0.717, 1.165) is 11.6 Å².